The number of hydrogen-bond donors (Lipinski definition) is 0. The van der Waals surface area contributed by atoms with Crippen LogP contribution in [0.1, 0.15) is 5.56 Å². The topological polar surface area (TPSA) is 50.3 Å². The van der Waals surface area contributed by atoms with E-state index >= 15 is 0 Å². The van der Waals surface area contributed by atoms with Gasteiger partial charge in [-0.3, -0.25) is 0 Å². The Hall–Kier alpha value is -1.08. The number of rotatable bonds is 5. The van der Waals surface area contributed by atoms with Crippen LogP contribution in [0.15, 0.2) is 52.5 Å². The van der Waals surface area contributed by atoms with Gasteiger partial charge in [-0.05, 0) is 29.8 Å². The quantitative estimate of drug-likeness (QED) is 0.782. The molecule has 1 heterocycles. The zero-order valence-corrected chi connectivity index (χ0v) is 14.0. The molecule has 2 rings (SSSR count). The van der Waals surface area contributed by atoms with Crippen LogP contribution in [0.2, 0.25) is 5.02 Å². The molecule has 0 aliphatic rings. The average molecular weight is 343 g/mol. The Kier molecular flexibility index (Phi) is 5.27. The molecule has 21 heavy (non-hydrogen) atoms. The Morgan fingerprint density at radius 3 is 2.67 bits per heavy atom. The van der Waals surface area contributed by atoms with Crippen molar-refractivity contribution in [3.8, 4) is 0 Å². The van der Waals surface area contributed by atoms with E-state index in [0.29, 0.717) is 10.8 Å². The molecule has 0 aliphatic heterocycles. The predicted octanol–water partition coefficient (Wildman–Crippen LogP) is 3.28. The summed E-state index contributed by atoms with van der Waals surface area (Å²) in [6.07, 6.45) is 1.68. The van der Waals surface area contributed by atoms with E-state index in [1.165, 1.54) is 30.2 Å². The van der Waals surface area contributed by atoms with Crippen LogP contribution in [0, 0.1) is 0 Å². The second-order valence-corrected chi connectivity index (χ2v) is 8.04. The molecule has 2 aromatic rings. The Labute approximate surface area is 134 Å². The molecule has 0 radical (unpaired) electrons. The highest BCUT2D eigenvalue weighted by molar-refractivity contribution is 7.98. The maximum atomic E-state index is 12.1. The van der Waals surface area contributed by atoms with Crippen molar-refractivity contribution in [2.24, 2.45) is 0 Å². The largest absolute Gasteiger partial charge is 0.248 e. The first-order valence-corrected chi connectivity index (χ1v) is 8.96. The SMILES string of the molecule is CN(C)S(=O)(=O)c1cccc(CSc2ncccc2Cl)c1. The summed E-state index contributed by atoms with van der Waals surface area (Å²) in [4.78, 5) is 4.49. The van der Waals surface area contributed by atoms with E-state index in [-0.39, 0.29) is 4.90 Å². The third kappa shape index (κ3) is 3.97. The first kappa shape index (κ1) is 16.3. The molecule has 4 nitrogen and oxygen atoms in total. The molecule has 1 aromatic heterocycles. The Balaban J connectivity index is 2.18. The lowest BCUT2D eigenvalue weighted by molar-refractivity contribution is 0.520. The third-order valence-corrected chi connectivity index (χ3v) is 6.08. The van der Waals surface area contributed by atoms with Crippen molar-refractivity contribution in [3.05, 3.63) is 53.2 Å². The highest BCUT2D eigenvalue weighted by Gasteiger charge is 2.17. The molecule has 7 heteroatoms. The molecule has 0 amide bonds. The summed E-state index contributed by atoms with van der Waals surface area (Å²) < 4.78 is 25.4. The smallest absolute Gasteiger partial charge is 0.242 e. The van der Waals surface area contributed by atoms with Crippen LogP contribution in [0.3, 0.4) is 0 Å². The van der Waals surface area contributed by atoms with Crippen LogP contribution in [-0.2, 0) is 15.8 Å². The zero-order chi connectivity index (χ0) is 15.5. The fraction of sp³-hybridized carbons (Fsp3) is 0.214. The molecule has 0 bridgehead atoms. The third-order valence-electron chi connectivity index (χ3n) is 2.78. The zero-order valence-electron chi connectivity index (χ0n) is 11.7. The van der Waals surface area contributed by atoms with Crippen LogP contribution in [0.5, 0.6) is 0 Å². The van der Waals surface area contributed by atoms with E-state index in [1.54, 1.807) is 36.5 Å². The van der Waals surface area contributed by atoms with Crippen LogP contribution in [-0.4, -0.2) is 31.8 Å². The maximum Gasteiger partial charge on any atom is 0.242 e. The molecule has 0 aliphatic carbocycles. The van der Waals surface area contributed by atoms with Gasteiger partial charge in [-0.2, -0.15) is 0 Å². The van der Waals surface area contributed by atoms with E-state index in [2.05, 4.69) is 4.98 Å². The Bertz CT molecular complexity index is 733. The lowest BCUT2D eigenvalue weighted by Crippen LogP contribution is -2.22. The Morgan fingerprint density at radius 2 is 2.00 bits per heavy atom. The van der Waals surface area contributed by atoms with E-state index in [1.807, 2.05) is 6.07 Å². The Morgan fingerprint density at radius 1 is 1.24 bits per heavy atom. The van der Waals surface area contributed by atoms with Gasteiger partial charge in [0.15, 0.2) is 0 Å². The predicted molar refractivity (Wildman–Crippen MR) is 86.1 cm³/mol. The number of benzene rings is 1. The lowest BCUT2D eigenvalue weighted by atomic mass is 10.2. The van der Waals surface area contributed by atoms with Crippen LogP contribution < -0.4 is 0 Å². The molecule has 0 N–H and O–H groups in total. The van der Waals surface area contributed by atoms with Gasteiger partial charge in [0.1, 0.15) is 5.03 Å². The second kappa shape index (κ2) is 6.79. The minimum atomic E-state index is -3.41. The molecule has 112 valence electrons. The summed E-state index contributed by atoms with van der Waals surface area (Å²) >= 11 is 7.53. The fourth-order valence-corrected chi connectivity index (χ4v) is 3.72. The van der Waals surface area contributed by atoms with Crippen LogP contribution >= 0.6 is 23.4 Å². The average Bonchev–Trinajstić information content (AvgIpc) is 2.46. The number of sulfonamides is 1. The van der Waals surface area contributed by atoms with E-state index in [4.69, 9.17) is 11.6 Å². The van der Waals surface area contributed by atoms with Crippen molar-refractivity contribution >= 4 is 33.4 Å². The summed E-state index contributed by atoms with van der Waals surface area (Å²) in [5, 5.41) is 1.33. The minimum Gasteiger partial charge on any atom is -0.248 e. The normalized spacial score (nSPS) is 11.8. The van der Waals surface area contributed by atoms with E-state index in [0.717, 1.165) is 10.6 Å². The van der Waals surface area contributed by atoms with Crippen molar-refractivity contribution in [3.63, 3.8) is 0 Å². The summed E-state index contributed by atoms with van der Waals surface area (Å²) in [6, 6.07) is 10.5. The van der Waals surface area contributed by atoms with Gasteiger partial charge in [0.05, 0.1) is 9.92 Å². The summed E-state index contributed by atoms with van der Waals surface area (Å²) in [5.74, 6) is 0.605. The fourth-order valence-electron chi connectivity index (χ4n) is 1.64. The molecule has 0 spiro atoms. The highest BCUT2D eigenvalue weighted by Crippen LogP contribution is 2.28. The monoisotopic (exact) mass is 342 g/mol. The number of halogens is 1. The number of aromatic nitrogens is 1. The second-order valence-electron chi connectivity index (χ2n) is 4.51. The van der Waals surface area contributed by atoms with Crippen molar-refractivity contribution in [1.82, 2.24) is 9.29 Å². The summed E-state index contributed by atoms with van der Waals surface area (Å²) in [6.45, 7) is 0. The minimum absolute atomic E-state index is 0.290. The van der Waals surface area contributed by atoms with Gasteiger partial charge in [-0.1, -0.05) is 23.7 Å². The summed E-state index contributed by atoms with van der Waals surface area (Å²) in [7, 11) is -0.372. The van der Waals surface area contributed by atoms with Crippen LogP contribution in [0.25, 0.3) is 0 Å². The van der Waals surface area contributed by atoms with Gasteiger partial charge in [-0.25, -0.2) is 17.7 Å². The van der Waals surface area contributed by atoms with Crippen molar-refractivity contribution in [2.45, 2.75) is 15.7 Å². The standard InChI is InChI=1S/C14H15ClN2O2S2/c1-17(2)21(18,19)12-6-3-5-11(9-12)10-20-14-13(15)7-4-8-16-14/h3-9H,10H2,1-2H3. The number of thioether (sulfide) groups is 1. The maximum absolute atomic E-state index is 12.1. The molecule has 0 saturated carbocycles. The van der Waals surface area contributed by atoms with Crippen molar-refractivity contribution in [1.29, 1.82) is 0 Å². The van der Waals surface area contributed by atoms with Gasteiger partial charge >= 0.3 is 0 Å². The van der Waals surface area contributed by atoms with E-state index < -0.39 is 10.0 Å². The molecule has 0 fully saturated rings. The van der Waals surface area contributed by atoms with Gasteiger partial charge < -0.3 is 0 Å². The highest BCUT2D eigenvalue weighted by atomic mass is 35.5. The number of pyridine rings is 1. The number of hydrogen-bond acceptors (Lipinski definition) is 4. The van der Waals surface area contributed by atoms with Crippen molar-refractivity contribution < 1.29 is 8.42 Å². The molecule has 0 atom stereocenters. The van der Waals surface area contributed by atoms with Gasteiger partial charge in [0, 0.05) is 26.0 Å². The van der Waals surface area contributed by atoms with E-state index in [9.17, 15) is 8.42 Å². The first-order valence-electron chi connectivity index (χ1n) is 6.16. The molecule has 0 unspecified atom stereocenters. The van der Waals surface area contributed by atoms with Gasteiger partial charge in [0.2, 0.25) is 10.0 Å². The van der Waals surface area contributed by atoms with Gasteiger partial charge in [-0.15, -0.1) is 11.8 Å². The molecule has 1 aromatic carbocycles. The molecular formula is C14H15ClN2O2S2. The van der Waals surface area contributed by atoms with Crippen LogP contribution in [0.4, 0.5) is 0 Å². The van der Waals surface area contributed by atoms with Gasteiger partial charge in [0.25, 0.3) is 0 Å². The first-order chi connectivity index (χ1) is 9.91. The summed E-state index contributed by atoms with van der Waals surface area (Å²) in [5.41, 5.74) is 0.907. The molecular weight excluding hydrogens is 328 g/mol. The van der Waals surface area contributed by atoms with Crippen molar-refractivity contribution in [2.75, 3.05) is 14.1 Å². The lowest BCUT2D eigenvalue weighted by Gasteiger charge is -2.12. The molecule has 0 saturated heterocycles. The number of nitrogens with zero attached hydrogens (tertiary/aromatic N) is 2.